The molecule has 4 aromatic rings. The van der Waals surface area contributed by atoms with Crippen LogP contribution in [0.2, 0.25) is 0 Å². The Morgan fingerprint density at radius 2 is 1.50 bits per heavy atom. The molecule has 2 N–H and O–H groups in total. The van der Waals surface area contributed by atoms with Crippen molar-refractivity contribution >= 4 is 21.6 Å². The number of pyridine rings is 1. The Balaban J connectivity index is 1.36. The summed E-state index contributed by atoms with van der Waals surface area (Å²) in [6.07, 6.45) is 3.36. The molecule has 0 spiro atoms. The molecular weight excluding hydrogens is 446 g/mol. The summed E-state index contributed by atoms with van der Waals surface area (Å²) in [5.74, 6) is -0.127. The number of sulfone groups is 1. The molecule has 0 fully saturated rings. The van der Waals surface area contributed by atoms with Gasteiger partial charge in [0.1, 0.15) is 0 Å². The van der Waals surface area contributed by atoms with E-state index in [1.165, 1.54) is 0 Å². The third-order valence-corrected chi connectivity index (χ3v) is 6.78. The summed E-state index contributed by atoms with van der Waals surface area (Å²) in [5, 5.41) is 5.51. The van der Waals surface area contributed by atoms with Gasteiger partial charge in [-0.15, -0.1) is 0 Å². The van der Waals surface area contributed by atoms with E-state index in [1.54, 1.807) is 36.7 Å². The Morgan fingerprint density at radius 1 is 0.765 bits per heavy atom. The lowest BCUT2D eigenvalue weighted by molar-refractivity contribution is 0.251. The molecule has 1 aromatic heterocycles. The van der Waals surface area contributed by atoms with Gasteiger partial charge in [0, 0.05) is 24.6 Å². The Morgan fingerprint density at radius 3 is 2.24 bits per heavy atom. The lowest BCUT2D eigenvalue weighted by Gasteiger charge is -2.11. The van der Waals surface area contributed by atoms with Crippen molar-refractivity contribution in [2.24, 2.45) is 0 Å². The van der Waals surface area contributed by atoms with E-state index >= 15 is 0 Å². The van der Waals surface area contributed by atoms with E-state index in [4.69, 9.17) is 0 Å². The highest BCUT2D eigenvalue weighted by molar-refractivity contribution is 7.89. The van der Waals surface area contributed by atoms with Crippen LogP contribution in [0.4, 0.5) is 10.5 Å². The number of urea groups is 1. The predicted octanol–water partition coefficient (Wildman–Crippen LogP) is 5.19. The first kappa shape index (κ1) is 23.2. The molecule has 4 rings (SSSR count). The molecule has 0 unspecified atom stereocenters. The number of hydrogen-bond acceptors (Lipinski definition) is 4. The molecule has 2 amide bonds. The van der Waals surface area contributed by atoms with Crippen molar-refractivity contribution in [1.82, 2.24) is 10.3 Å². The van der Waals surface area contributed by atoms with Crippen molar-refractivity contribution in [3.8, 4) is 11.1 Å². The highest BCUT2D eigenvalue weighted by Gasteiger charge is 2.16. The zero-order valence-electron chi connectivity index (χ0n) is 18.5. The van der Waals surface area contributed by atoms with Gasteiger partial charge in [0.05, 0.1) is 11.5 Å². The van der Waals surface area contributed by atoms with E-state index in [9.17, 15) is 13.2 Å². The van der Waals surface area contributed by atoms with Gasteiger partial charge in [0.25, 0.3) is 0 Å². The summed E-state index contributed by atoms with van der Waals surface area (Å²) in [4.78, 5) is 16.1. The van der Waals surface area contributed by atoms with Crippen molar-refractivity contribution in [3.63, 3.8) is 0 Å². The van der Waals surface area contributed by atoms with Crippen molar-refractivity contribution in [2.45, 2.75) is 18.1 Å². The maximum absolute atomic E-state index is 13.0. The molecule has 0 aliphatic heterocycles. The third kappa shape index (κ3) is 6.52. The van der Waals surface area contributed by atoms with Crippen LogP contribution < -0.4 is 10.6 Å². The average Bonchev–Trinajstić information content (AvgIpc) is 2.85. The molecule has 0 atom stereocenters. The number of anilines is 1. The summed E-state index contributed by atoms with van der Waals surface area (Å²) in [7, 11) is -3.40. The van der Waals surface area contributed by atoms with E-state index in [1.807, 2.05) is 66.7 Å². The van der Waals surface area contributed by atoms with Crippen molar-refractivity contribution in [1.29, 1.82) is 0 Å². The van der Waals surface area contributed by atoms with Gasteiger partial charge in [-0.25, -0.2) is 13.2 Å². The highest BCUT2D eigenvalue weighted by Crippen LogP contribution is 2.26. The molecule has 34 heavy (non-hydrogen) atoms. The van der Waals surface area contributed by atoms with Crippen LogP contribution in [0.15, 0.2) is 103 Å². The summed E-state index contributed by atoms with van der Waals surface area (Å²) >= 11 is 0. The Hall–Kier alpha value is -3.97. The lowest BCUT2D eigenvalue weighted by Crippen LogP contribution is -2.28. The van der Waals surface area contributed by atoms with Crippen molar-refractivity contribution in [2.75, 3.05) is 5.32 Å². The fourth-order valence-corrected chi connectivity index (χ4v) is 5.16. The minimum Gasteiger partial charge on any atom is -0.334 e. The van der Waals surface area contributed by atoms with Crippen LogP contribution in [-0.4, -0.2) is 19.4 Å². The minimum absolute atomic E-state index is 0.0468. The number of nitrogens with zero attached hydrogens (tertiary/aromatic N) is 1. The van der Waals surface area contributed by atoms with Crippen LogP contribution in [0.25, 0.3) is 11.1 Å². The highest BCUT2D eigenvalue weighted by atomic mass is 32.2. The first-order valence-corrected chi connectivity index (χ1v) is 12.7. The Kier molecular flexibility index (Phi) is 7.34. The first-order chi connectivity index (χ1) is 16.5. The van der Waals surface area contributed by atoms with E-state index in [0.717, 1.165) is 22.3 Å². The van der Waals surface area contributed by atoms with Gasteiger partial charge in [-0.3, -0.25) is 4.98 Å². The summed E-state index contributed by atoms with van der Waals surface area (Å²) < 4.78 is 25.9. The van der Waals surface area contributed by atoms with Crippen LogP contribution in [0.5, 0.6) is 0 Å². The Bertz CT molecular complexity index is 1340. The van der Waals surface area contributed by atoms with Crippen LogP contribution in [0, 0.1) is 0 Å². The second kappa shape index (κ2) is 10.8. The van der Waals surface area contributed by atoms with Gasteiger partial charge in [-0.05, 0) is 46.0 Å². The van der Waals surface area contributed by atoms with Gasteiger partial charge in [0.15, 0.2) is 9.84 Å². The van der Waals surface area contributed by atoms with Crippen LogP contribution in [-0.2, 0) is 27.9 Å². The second-order valence-electron chi connectivity index (χ2n) is 7.92. The van der Waals surface area contributed by atoms with Crippen molar-refractivity contribution in [3.05, 3.63) is 120 Å². The summed E-state index contributed by atoms with van der Waals surface area (Å²) in [6, 6.07) is 27.5. The molecule has 0 saturated carbocycles. The number of carbonyl (C=O) groups is 1. The topological polar surface area (TPSA) is 88.2 Å². The summed E-state index contributed by atoms with van der Waals surface area (Å²) in [6.45, 7) is 0.362. The molecule has 3 aromatic carbocycles. The standard InChI is InChI=1S/C27H25N3O3S/c31-27(29-18-22-7-6-16-28-17-22)30-25-14-12-21(13-15-25)19-34(32,33)20-24-10-4-5-11-26(24)23-8-2-1-3-9-23/h1-17H,18-20H2,(H2,29,30,31). The maximum atomic E-state index is 13.0. The first-order valence-electron chi connectivity index (χ1n) is 10.8. The lowest BCUT2D eigenvalue weighted by atomic mass is 10.0. The molecule has 0 bridgehead atoms. The normalized spacial score (nSPS) is 11.1. The van der Waals surface area contributed by atoms with Gasteiger partial charge in [-0.1, -0.05) is 72.8 Å². The van der Waals surface area contributed by atoms with Crippen LogP contribution in [0.3, 0.4) is 0 Å². The zero-order chi connectivity index (χ0) is 23.8. The van der Waals surface area contributed by atoms with E-state index in [0.29, 0.717) is 17.8 Å². The second-order valence-corrected chi connectivity index (χ2v) is 9.99. The molecular formula is C27H25N3O3S. The SMILES string of the molecule is O=C(NCc1cccnc1)Nc1ccc(CS(=O)(=O)Cc2ccccc2-c2ccccc2)cc1. The quantitative estimate of drug-likeness (QED) is 0.370. The number of hydrogen-bond donors (Lipinski definition) is 2. The Labute approximate surface area is 199 Å². The van der Waals surface area contributed by atoms with E-state index in [-0.39, 0.29) is 17.5 Å². The van der Waals surface area contributed by atoms with Gasteiger partial charge >= 0.3 is 6.03 Å². The van der Waals surface area contributed by atoms with Gasteiger partial charge < -0.3 is 10.6 Å². The number of carbonyl (C=O) groups excluding carboxylic acids is 1. The molecule has 172 valence electrons. The van der Waals surface area contributed by atoms with Gasteiger partial charge in [0.2, 0.25) is 0 Å². The largest absolute Gasteiger partial charge is 0.334 e. The predicted molar refractivity (Wildman–Crippen MR) is 135 cm³/mol. The molecule has 7 heteroatoms. The molecule has 0 saturated heterocycles. The molecule has 0 aliphatic carbocycles. The molecule has 6 nitrogen and oxygen atoms in total. The molecule has 0 aliphatic rings. The number of aromatic nitrogens is 1. The van der Waals surface area contributed by atoms with E-state index < -0.39 is 9.84 Å². The monoisotopic (exact) mass is 471 g/mol. The van der Waals surface area contributed by atoms with E-state index in [2.05, 4.69) is 15.6 Å². The third-order valence-electron chi connectivity index (χ3n) is 5.25. The smallest absolute Gasteiger partial charge is 0.319 e. The van der Waals surface area contributed by atoms with Crippen LogP contribution >= 0.6 is 0 Å². The summed E-state index contributed by atoms with van der Waals surface area (Å²) in [5.41, 5.74) is 4.83. The van der Waals surface area contributed by atoms with Crippen LogP contribution in [0.1, 0.15) is 16.7 Å². The molecule has 0 radical (unpaired) electrons. The van der Waals surface area contributed by atoms with Gasteiger partial charge in [-0.2, -0.15) is 0 Å². The fourth-order valence-electron chi connectivity index (χ4n) is 3.63. The number of rotatable bonds is 8. The minimum atomic E-state index is -3.40. The number of amides is 2. The number of nitrogens with one attached hydrogen (secondary N) is 2. The average molecular weight is 472 g/mol. The molecule has 1 heterocycles. The fraction of sp³-hybridized carbons (Fsp3) is 0.111. The maximum Gasteiger partial charge on any atom is 0.319 e. The van der Waals surface area contributed by atoms with Crippen molar-refractivity contribution < 1.29 is 13.2 Å². The zero-order valence-corrected chi connectivity index (χ0v) is 19.3. The number of benzene rings is 3.